The Bertz CT molecular complexity index is 1480. The van der Waals surface area contributed by atoms with Gasteiger partial charge in [0.05, 0.1) is 0 Å². The summed E-state index contributed by atoms with van der Waals surface area (Å²) in [6.07, 6.45) is 84.0. The van der Waals surface area contributed by atoms with Crippen molar-refractivity contribution in [3.8, 4) is 0 Å². The molecular weight excluding hydrogens is 925 g/mol. The summed E-state index contributed by atoms with van der Waals surface area (Å²) in [5.41, 5.74) is 0. The lowest BCUT2D eigenvalue weighted by Gasteiger charge is -2.18. The molecule has 0 aliphatic heterocycles. The summed E-state index contributed by atoms with van der Waals surface area (Å²) in [6.45, 7) is 6.52. The Morgan fingerprint density at radius 3 is 0.840 bits per heavy atom. The Kier molecular flexibility index (Phi) is 59.8. The van der Waals surface area contributed by atoms with Gasteiger partial charge in [-0.3, -0.25) is 14.4 Å². The van der Waals surface area contributed by atoms with E-state index in [0.717, 1.165) is 116 Å². The van der Waals surface area contributed by atoms with E-state index in [-0.39, 0.29) is 31.1 Å². The number of ether oxygens (including phenoxy) is 3. The van der Waals surface area contributed by atoms with E-state index in [4.69, 9.17) is 14.2 Å². The van der Waals surface area contributed by atoms with Gasteiger partial charge in [-0.15, -0.1) is 0 Å². The van der Waals surface area contributed by atoms with Gasteiger partial charge >= 0.3 is 17.9 Å². The highest BCUT2D eigenvalue weighted by Gasteiger charge is 2.19. The lowest BCUT2D eigenvalue weighted by molar-refractivity contribution is -0.167. The van der Waals surface area contributed by atoms with Crippen molar-refractivity contribution in [2.75, 3.05) is 13.2 Å². The quantitative estimate of drug-likeness (QED) is 0.0261. The normalized spacial score (nSPS) is 12.7. The molecule has 430 valence electrons. The lowest BCUT2D eigenvalue weighted by Crippen LogP contribution is -2.30. The fraction of sp³-hybridized carbons (Fsp3) is 0.725. The second-order valence-electron chi connectivity index (χ2n) is 20.9. The van der Waals surface area contributed by atoms with Gasteiger partial charge in [-0.25, -0.2) is 0 Å². The Hall–Kier alpha value is -3.67. The van der Waals surface area contributed by atoms with Crippen molar-refractivity contribution in [3.63, 3.8) is 0 Å². The first kappa shape index (κ1) is 71.3. The van der Waals surface area contributed by atoms with Gasteiger partial charge in [-0.1, -0.05) is 279 Å². The number of rotatable bonds is 57. The molecule has 0 amide bonds. The molecule has 0 radical (unpaired) electrons. The molecule has 0 fully saturated rings. The van der Waals surface area contributed by atoms with Crippen LogP contribution in [0, 0.1) is 0 Å². The van der Waals surface area contributed by atoms with Gasteiger partial charge in [0.1, 0.15) is 13.2 Å². The van der Waals surface area contributed by atoms with E-state index >= 15 is 0 Å². The van der Waals surface area contributed by atoms with Crippen LogP contribution in [0.4, 0.5) is 0 Å². The first-order chi connectivity index (χ1) is 37.0. The van der Waals surface area contributed by atoms with Gasteiger partial charge in [-0.05, 0) is 103 Å². The van der Waals surface area contributed by atoms with Gasteiger partial charge < -0.3 is 14.2 Å². The van der Waals surface area contributed by atoms with Crippen LogP contribution in [-0.4, -0.2) is 37.2 Å². The maximum Gasteiger partial charge on any atom is 0.306 e. The topological polar surface area (TPSA) is 78.9 Å². The fourth-order valence-corrected chi connectivity index (χ4v) is 8.83. The van der Waals surface area contributed by atoms with E-state index in [0.29, 0.717) is 19.3 Å². The predicted molar refractivity (Wildman–Crippen MR) is 325 cm³/mol. The summed E-state index contributed by atoms with van der Waals surface area (Å²) in [5.74, 6) is -0.921. The van der Waals surface area contributed by atoms with E-state index in [2.05, 4.69) is 118 Å². The second-order valence-corrected chi connectivity index (χ2v) is 20.9. The zero-order valence-electron chi connectivity index (χ0n) is 49.3. The van der Waals surface area contributed by atoms with Crippen molar-refractivity contribution in [2.24, 2.45) is 0 Å². The highest BCUT2D eigenvalue weighted by molar-refractivity contribution is 5.71. The molecule has 0 bridgehead atoms. The number of carbonyl (C=O) groups is 3. The van der Waals surface area contributed by atoms with Crippen LogP contribution in [0.15, 0.2) is 97.2 Å². The van der Waals surface area contributed by atoms with E-state index < -0.39 is 6.10 Å². The highest BCUT2D eigenvalue weighted by atomic mass is 16.6. The van der Waals surface area contributed by atoms with Crippen LogP contribution in [-0.2, 0) is 28.6 Å². The van der Waals surface area contributed by atoms with Crippen LogP contribution >= 0.6 is 0 Å². The van der Waals surface area contributed by atoms with Crippen molar-refractivity contribution in [1.29, 1.82) is 0 Å². The summed E-state index contributed by atoms with van der Waals surface area (Å²) in [6, 6.07) is 0. The SMILES string of the molecule is CC/C=C\C/C=C\C/C=C\C/C=C\C/C=C\C/C=C\C/C=C\CCCCCC(=O)OCC(COC(=O)CCCCCCC/C=C\CCCCCCCC)OC(=O)CCCCCCCCCCCCCCCCCCC. The molecule has 0 rings (SSSR count). The van der Waals surface area contributed by atoms with Crippen LogP contribution in [0.5, 0.6) is 0 Å². The summed E-state index contributed by atoms with van der Waals surface area (Å²) in [5, 5.41) is 0. The minimum absolute atomic E-state index is 0.0904. The maximum absolute atomic E-state index is 12.9. The Morgan fingerprint density at radius 2 is 0.520 bits per heavy atom. The zero-order valence-corrected chi connectivity index (χ0v) is 49.3. The first-order valence-electron chi connectivity index (χ1n) is 31.7. The zero-order chi connectivity index (χ0) is 54.3. The molecule has 1 unspecified atom stereocenters. The summed E-state index contributed by atoms with van der Waals surface area (Å²) >= 11 is 0. The Morgan fingerprint density at radius 1 is 0.280 bits per heavy atom. The maximum atomic E-state index is 12.9. The molecule has 0 saturated heterocycles. The van der Waals surface area contributed by atoms with Gasteiger partial charge in [-0.2, -0.15) is 0 Å². The number of hydrogen-bond acceptors (Lipinski definition) is 6. The van der Waals surface area contributed by atoms with E-state index in [1.54, 1.807) is 0 Å². The largest absolute Gasteiger partial charge is 0.462 e. The van der Waals surface area contributed by atoms with Gasteiger partial charge in [0.2, 0.25) is 0 Å². The molecule has 6 nitrogen and oxygen atoms in total. The predicted octanol–water partition coefficient (Wildman–Crippen LogP) is 21.7. The highest BCUT2D eigenvalue weighted by Crippen LogP contribution is 2.16. The number of unbranched alkanes of at least 4 members (excludes halogenated alkanes) is 30. The van der Waals surface area contributed by atoms with Crippen molar-refractivity contribution in [3.05, 3.63) is 97.2 Å². The van der Waals surface area contributed by atoms with Crippen molar-refractivity contribution >= 4 is 17.9 Å². The molecule has 6 heteroatoms. The molecule has 0 heterocycles. The first-order valence-corrected chi connectivity index (χ1v) is 31.7. The standard InChI is InChI=1S/C69H118O6/c1-4-7-10-13-16-19-22-25-28-30-31-32-33-34-35-36-37-39-41-44-47-50-53-56-59-62-68(71)74-65-66(64-73-67(70)61-58-55-52-49-46-43-40-27-24-21-18-15-12-9-6-3)75-69(72)63-60-57-54-51-48-45-42-38-29-26-23-20-17-14-11-8-5-2/h7,10,16,19,25,27-28,31-32,34-35,37,39-40,44,47,66H,4-6,8-9,11-15,17-18,20-24,26,29-30,33,36,38,41-43,45-46,48-65H2,1-3H3/b10-7-,19-16-,28-25-,32-31-,35-34-,39-37-,40-27-,47-44-. The Balaban J connectivity index is 4.43. The van der Waals surface area contributed by atoms with Gasteiger partial charge in [0.15, 0.2) is 6.10 Å². The number of allylic oxidation sites excluding steroid dienone is 16. The molecule has 75 heavy (non-hydrogen) atoms. The van der Waals surface area contributed by atoms with Gasteiger partial charge in [0, 0.05) is 19.3 Å². The van der Waals surface area contributed by atoms with E-state index in [1.807, 2.05) is 0 Å². The minimum Gasteiger partial charge on any atom is -0.462 e. The van der Waals surface area contributed by atoms with Crippen molar-refractivity contribution in [1.82, 2.24) is 0 Å². The minimum atomic E-state index is -0.795. The molecule has 0 spiro atoms. The number of carbonyl (C=O) groups excluding carboxylic acids is 3. The average molecular weight is 1040 g/mol. The average Bonchev–Trinajstić information content (AvgIpc) is 3.41. The molecular formula is C69H118O6. The van der Waals surface area contributed by atoms with Crippen LogP contribution in [0.2, 0.25) is 0 Å². The third-order valence-electron chi connectivity index (χ3n) is 13.6. The third-order valence-corrected chi connectivity index (χ3v) is 13.6. The molecule has 0 aromatic carbocycles. The van der Waals surface area contributed by atoms with Crippen molar-refractivity contribution in [2.45, 2.75) is 309 Å². The van der Waals surface area contributed by atoms with Crippen molar-refractivity contribution < 1.29 is 28.6 Å². The molecule has 0 aliphatic rings. The van der Waals surface area contributed by atoms with E-state index in [9.17, 15) is 14.4 Å². The summed E-state index contributed by atoms with van der Waals surface area (Å²) < 4.78 is 16.9. The molecule has 1 atom stereocenters. The molecule has 0 aliphatic carbocycles. The summed E-state index contributed by atoms with van der Waals surface area (Å²) in [7, 11) is 0. The van der Waals surface area contributed by atoms with Crippen LogP contribution in [0.1, 0.15) is 303 Å². The second kappa shape index (κ2) is 62.9. The molecule has 0 aromatic rings. The van der Waals surface area contributed by atoms with Crippen LogP contribution in [0.25, 0.3) is 0 Å². The van der Waals surface area contributed by atoms with Crippen LogP contribution in [0.3, 0.4) is 0 Å². The number of hydrogen-bond donors (Lipinski definition) is 0. The van der Waals surface area contributed by atoms with Gasteiger partial charge in [0.25, 0.3) is 0 Å². The number of esters is 3. The lowest BCUT2D eigenvalue weighted by atomic mass is 10.0. The van der Waals surface area contributed by atoms with Crippen LogP contribution < -0.4 is 0 Å². The summed E-state index contributed by atoms with van der Waals surface area (Å²) in [4.78, 5) is 38.3. The molecule has 0 saturated carbocycles. The molecule has 0 aromatic heterocycles. The monoisotopic (exact) mass is 1040 g/mol. The fourth-order valence-electron chi connectivity index (χ4n) is 8.83. The smallest absolute Gasteiger partial charge is 0.306 e. The molecule has 0 N–H and O–H groups in total. The Labute approximate surface area is 464 Å². The third kappa shape index (κ3) is 61.1. The van der Waals surface area contributed by atoms with E-state index in [1.165, 1.54) is 148 Å².